The SMILES string of the molecule is CCc1nn(C)c2c1nc(N)n2CC1CC1(C)C. The van der Waals surface area contributed by atoms with Crippen LogP contribution >= 0.6 is 0 Å². The molecule has 1 saturated carbocycles. The van der Waals surface area contributed by atoms with Gasteiger partial charge in [0.05, 0.1) is 5.69 Å². The summed E-state index contributed by atoms with van der Waals surface area (Å²) in [6, 6.07) is 0. The van der Waals surface area contributed by atoms with E-state index in [1.54, 1.807) is 0 Å². The Morgan fingerprint density at radius 3 is 2.67 bits per heavy atom. The van der Waals surface area contributed by atoms with Gasteiger partial charge in [0.15, 0.2) is 5.65 Å². The Morgan fingerprint density at radius 2 is 2.11 bits per heavy atom. The van der Waals surface area contributed by atoms with Gasteiger partial charge in [-0.2, -0.15) is 5.10 Å². The molecule has 1 unspecified atom stereocenters. The van der Waals surface area contributed by atoms with Gasteiger partial charge in [-0.3, -0.25) is 9.25 Å². The van der Waals surface area contributed by atoms with E-state index in [9.17, 15) is 0 Å². The first-order valence-corrected chi connectivity index (χ1v) is 6.61. The van der Waals surface area contributed by atoms with Crippen LogP contribution in [0.3, 0.4) is 0 Å². The molecule has 1 atom stereocenters. The molecule has 0 amide bonds. The summed E-state index contributed by atoms with van der Waals surface area (Å²) < 4.78 is 4.04. The highest BCUT2D eigenvalue weighted by Crippen LogP contribution is 2.52. The number of fused-ring (bicyclic) bond motifs is 1. The summed E-state index contributed by atoms with van der Waals surface area (Å²) >= 11 is 0. The second-order valence-electron chi connectivity index (χ2n) is 6.07. The lowest BCUT2D eigenvalue weighted by atomic mass is 10.1. The molecule has 0 aliphatic heterocycles. The molecule has 1 fully saturated rings. The van der Waals surface area contributed by atoms with Crippen LogP contribution in [0.5, 0.6) is 0 Å². The van der Waals surface area contributed by atoms with Crippen LogP contribution in [0.2, 0.25) is 0 Å². The second-order valence-corrected chi connectivity index (χ2v) is 6.07. The molecule has 0 spiro atoms. The van der Waals surface area contributed by atoms with Crippen molar-refractivity contribution in [1.82, 2.24) is 19.3 Å². The van der Waals surface area contributed by atoms with Crippen molar-refractivity contribution >= 4 is 17.1 Å². The van der Waals surface area contributed by atoms with Crippen LogP contribution in [0.25, 0.3) is 11.2 Å². The molecule has 2 aromatic heterocycles. The van der Waals surface area contributed by atoms with E-state index in [-0.39, 0.29) is 0 Å². The van der Waals surface area contributed by atoms with Gasteiger partial charge in [0, 0.05) is 13.6 Å². The number of anilines is 1. The fourth-order valence-electron chi connectivity index (χ4n) is 2.78. The van der Waals surface area contributed by atoms with Crippen molar-refractivity contribution < 1.29 is 0 Å². The Hall–Kier alpha value is -1.52. The standard InChI is InChI=1S/C13H21N5/c1-5-9-10-11(17(4)16-9)18(12(14)15-10)7-8-6-13(8,2)3/h8H,5-7H2,1-4H3,(H2,14,15). The van der Waals surface area contributed by atoms with Gasteiger partial charge in [-0.1, -0.05) is 20.8 Å². The van der Waals surface area contributed by atoms with E-state index in [1.807, 2.05) is 11.7 Å². The third-order valence-electron chi connectivity index (χ3n) is 4.28. The zero-order valence-electron chi connectivity index (χ0n) is 11.6. The van der Waals surface area contributed by atoms with Crippen LogP contribution in [0.4, 0.5) is 5.95 Å². The molecule has 2 heterocycles. The molecular formula is C13H21N5. The Morgan fingerprint density at radius 1 is 1.44 bits per heavy atom. The first-order chi connectivity index (χ1) is 8.44. The molecule has 18 heavy (non-hydrogen) atoms. The fourth-order valence-corrected chi connectivity index (χ4v) is 2.78. The van der Waals surface area contributed by atoms with E-state index in [0.29, 0.717) is 17.3 Å². The molecule has 0 bridgehead atoms. The van der Waals surface area contributed by atoms with E-state index in [2.05, 4.69) is 35.4 Å². The first kappa shape index (κ1) is 11.6. The van der Waals surface area contributed by atoms with E-state index >= 15 is 0 Å². The molecular weight excluding hydrogens is 226 g/mol. The first-order valence-electron chi connectivity index (χ1n) is 6.61. The van der Waals surface area contributed by atoms with Crippen LogP contribution in [-0.4, -0.2) is 19.3 Å². The lowest BCUT2D eigenvalue weighted by Gasteiger charge is -2.08. The van der Waals surface area contributed by atoms with Gasteiger partial charge in [0.25, 0.3) is 0 Å². The van der Waals surface area contributed by atoms with Crippen molar-refractivity contribution in [2.24, 2.45) is 18.4 Å². The molecule has 2 N–H and O–H groups in total. The molecule has 5 nitrogen and oxygen atoms in total. The maximum absolute atomic E-state index is 6.07. The molecule has 0 aromatic carbocycles. The Bertz CT molecular complexity index is 604. The van der Waals surface area contributed by atoms with E-state index < -0.39 is 0 Å². The molecule has 98 valence electrons. The van der Waals surface area contributed by atoms with Crippen LogP contribution in [0, 0.1) is 11.3 Å². The second kappa shape index (κ2) is 3.49. The average Bonchev–Trinajstić information content (AvgIpc) is 2.64. The summed E-state index contributed by atoms with van der Waals surface area (Å²) in [5, 5.41) is 4.51. The Labute approximate surface area is 107 Å². The summed E-state index contributed by atoms with van der Waals surface area (Å²) in [5.74, 6) is 1.33. The van der Waals surface area contributed by atoms with Gasteiger partial charge in [-0.25, -0.2) is 4.98 Å². The third kappa shape index (κ3) is 1.53. The highest BCUT2D eigenvalue weighted by atomic mass is 15.3. The van der Waals surface area contributed by atoms with Gasteiger partial charge in [0.2, 0.25) is 5.95 Å². The third-order valence-corrected chi connectivity index (χ3v) is 4.28. The molecule has 1 aliphatic carbocycles. The van der Waals surface area contributed by atoms with Gasteiger partial charge >= 0.3 is 0 Å². The van der Waals surface area contributed by atoms with E-state index in [1.165, 1.54) is 6.42 Å². The number of hydrogen-bond acceptors (Lipinski definition) is 3. The summed E-state index contributed by atoms with van der Waals surface area (Å²) in [4.78, 5) is 4.49. The number of nitrogen functional groups attached to an aromatic ring is 1. The van der Waals surface area contributed by atoms with Crippen molar-refractivity contribution in [1.29, 1.82) is 0 Å². The summed E-state index contributed by atoms with van der Waals surface area (Å²) in [6.07, 6.45) is 2.16. The Kier molecular flexibility index (Phi) is 2.24. The minimum atomic E-state index is 0.454. The number of nitrogens with zero attached hydrogens (tertiary/aromatic N) is 4. The molecule has 3 rings (SSSR count). The van der Waals surface area contributed by atoms with Crippen molar-refractivity contribution in [3.63, 3.8) is 0 Å². The van der Waals surface area contributed by atoms with Crippen molar-refractivity contribution in [3.8, 4) is 0 Å². The fraction of sp³-hybridized carbons (Fsp3) is 0.692. The molecule has 1 aliphatic rings. The minimum absolute atomic E-state index is 0.454. The predicted octanol–water partition coefficient (Wildman–Crippen LogP) is 1.96. The van der Waals surface area contributed by atoms with Crippen LogP contribution in [0.1, 0.15) is 32.9 Å². The monoisotopic (exact) mass is 247 g/mol. The summed E-state index contributed by atoms with van der Waals surface area (Å²) in [5.41, 5.74) is 9.58. The van der Waals surface area contributed by atoms with Crippen molar-refractivity contribution in [2.75, 3.05) is 5.73 Å². The number of aryl methyl sites for hydroxylation is 2. The highest BCUT2D eigenvalue weighted by Gasteiger charge is 2.46. The zero-order valence-corrected chi connectivity index (χ0v) is 11.6. The van der Waals surface area contributed by atoms with E-state index in [4.69, 9.17) is 5.73 Å². The van der Waals surface area contributed by atoms with Crippen molar-refractivity contribution in [2.45, 2.75) is 40.2 Å². The maximum atomic E-state index is 6.07. The lowest BCUT2D eigenvalue weighted by molar-refractivity contribution is 0.502. The smallest absolute Gasteiger partial charge is 0.202 e. The molecule has 0 saturated heterocycles. The Balaban J connectivity index is 2.06. The lowest BCUT2D eigenvalue weighted by Crippen LogP contribution is -2.10. The maximum Gasteiger partial charge on any atom is 0.202 e. The highest BCUT2D eigenvalue weighted by molar-refractivity contribution is 5.77. The van der Waals surface area contributed by atoms with Gasteiger partial charge in [-0.05, 0) is 24.2 Å². The topological polar surface area (TPSA) is 61.7 Å². The van der Waals surface area contributed by atoms with Crippen LogP contribution < -0.4 is 5.73 Å². The predicted molar refractivity (Wildman–Crippen MR) is 72.2 cm³/mol. The summed E-state index contributed by atoms with van der Waals surface area (Å²) in [7, 11) is 1.97. The number of rotatable bonds is 3. The number of hydrogen-bond donors (Lipinski definition) is 1. The number of aromatic nitrogens is 4. The van der Waals surface area contributed by atoms with E-state index in [0.717, 1.165) is 29.8 Å². The normalized spacial score (nSPS) is 21.7. The average molecular weight is 247 g/mol. The van der Waals surface area contributed by atoms with Crippen molar-refractivity contribution in [3.05, 3.63) is 5.69 Å². The van der Waals surface area contributed by atoms with Gasteiger partial charge in [0.1, 0.15) is 5.52 Å². The quantitative estimate of drug-likeness (QED) is 0.902. The number of nitrogens with two attached hydrogens (primary N) is 1. The van der Waals surface area contributed by atoms with Crippen LogP contribution in [0.15, 0.2) is 0 Å². The zero-order chi connectivity index (χ0) is 13.1. The number of imidazole rings is 1. The summed E-state index contributed by atoms with van der Waals surface area (Å²) in [6.45, 7) is 7.67. The minimum Gasteiger partial charge on any atom is -0.369 e. The molecule has 2 aromatic rings. The van der Waals surface area contributed by atoms with Crippen LogP contribution in [-0.2, 0) is 20.0 Å². The van der Waals surface area contributed by atoms with Gasteiger partial charge in [-0.15, -0.1) is 0 Å². The molecule has 0 radical (unpaired) electrons. The van der Waals surface area contributed by atoms with Gasteiger partial charge < -0.3 is 5.73 Å². The largest absolute Gasteiger partial charge is 0.369 e. The molecule has 5 heteroatoms.